The van der Waals surface area contributed by atoms with E-state index in [-0.39, 0.29) is 12.5 Å². The van der Waals surface area contributed by atoms with Gasteiger partial charge in [-0.25, -0.2) is 0 Å². The summed E-state index contributed by atoms with van der Waals surface area (Å²) in [5.74, 6) is 0.0426. The van der Waals surface area contributed by atoms with E-state index in [4.69, 9.17) is 0 Å². The Kier molecular flexibility index (Phi) is 5.47. The molecule has 0 atom stereocenters. The molecule has 0 spiro atoms. The first-order valence-corrected chi connectivity index (χ1v) is 9.15. The third-order valence-corrected chi connectivity index (χ3v) is 5.56. The van der Waals surface area contributed by atoms with Crippen LogP contribution >= 0.6 is 11.3 Å². The summed E-state index contributed by atoms with van der Waals surface area (Å²) in [5, 5.41) is 9.32. The van der Waals surface area contributed by atoms with Crippen molar-refractivity contribution in [3.05, 3.63) is 57.3 Å². The van der Waals surface area contributed by atoms with Gasteiger partial charge in [0, 0.05) is 18.0 Å². The summed E-state index contributed by atoms with van der Waals surface area (Å²) in [5.41, 5.74) is 2.45. The highest BCUT2D eigenvalue weighted by Gasteiger charge is 2.21. The largest absolute Gasteiger partial charge is 0.395 e. The van der Waals surface area contributed by atoms with Crippen molar-refractivity contribution in [1.29, 1.82) is 0 Å². The number of hydrogen-bond donors (Lipinski definition) is 1. The zero-order chi connectivity index (χ0) is 16.1. The molecular weight excluding hydrogens is 306 g/mol. The van der Waals surface area contributed by atoms with Crippen LogP contribution in [0.2, 0.25) is 0 Å². The van der Waals surface area contributed by atoms with Gasteiger partial charge in [0.2, 0.25) is 0 Å². The van der Waals surface area contributed by atoms with Gasteiger partial charge in [-0.3, -0.25) is 4.79 Å². The summed E-state index contributed by atoms with van der Waals surface area (Å²) in [6.07, 6.45) is 5.94. The van der Waals surface area contributed by atoms with Crippen molar-refractivity contribution in [2.24, 2.45) is 0 Å². The molecule has 23 heavy (non-hydrogen) atoms. The first-order valence-electron chi connectivity index (χ1n) is 8.33. The fraction of sp³-hybridized carbons (Fsp3) is 0.421. The summed E-state index contributed by atoms with van der Waals surface area (Å²) in [7, 11) is 0. The summed E-state index contributed by atoms with van der Waals surface area (Å²) in [4.78, 5) is 16.8. The fourth-order valence-corrected chi connectivity index (χ4v) is 4.33. The molecule has 0 bridgehead atoms. The van der Waals surface area contributed by atoms with Crippen molar-refractivity contribution in [2.75, 3.05) is 13.2 Å². The Morgan fingerprint density at radius 3 is 2.70 bits per heavy atom. The number of amides is 1. The van der Waals surface area contributed by atoms with Crippen LogP contribution in [-0.4, -0.2) is 29.1 Å². The summed E-state index contributed by atoms with van der Waals surface area (Å²) in [6.45, 7) is 0.906. The summed E-state index contributed by atoms with van der Waals surface area (Å²) < 4.78 is 0. The number of aliphatic hydroxyl groups is 1. The highest BCUT2D eigenvalue weighted by molar-refractivity contribution is 7.14. The predicted octanol–water partition coefficient (Wildman–Crippen LogP) is 3.65. The lowest BCUT2D eigenvalue weighted by Crippen LogP contribution is -2.32. The molecule has 3 nitrogen and oxygen atoms in total. The average Bonchev–Trinajstić information content (AvgIpc) is 2.85. The van der Waals surface area contributed by atoms with E-state index >= 15 is 0 Å². The lowest BCUT2D eigenvalue weighted by atomic mass is 10.1. The van der Waals surface area contributed by atoms with Gasteiger partial charge in [-0.1, -0.05) is 36.8 Å². The minimum atomic E-state index is -0.0103. The molecule has 3 rings (SSSR count). The first-order chi connectivity index (χ1) is 11.3. The molecule has 122 valence electrons. The van der Waals surface area contributed by atoms with Gasteiger partial charge in [0.15, 0.2) is 0 Å². The van der Waals surface area contributed by atoms with Crippen molar-refractivity contribution in [3.8, 4) is 0 Å². The number of aliphatic hydroxyl groups excluding tert-OH is 1. The molecular formula is C19H23NO2S. The molecule has 0 saturated carbocycles. The van der Waals surface area contributed by atoms with E-state index in [1.165, 1.54) is 29.7 Å². The van der Waals surface area contributed by atoms with E-state index in [1.54, 1.807) is 16.2 Å². The molecule has 1 N–H and O–H groups in total. The minimum absolute atomic E-state index is 0.0103. The van der Waals surface area contributed by atoms with Crippen molar-refractivity contribution < 1.29 is 9.90 Å². The second-order valence-electron chi connectivity index (χ2n) is 6.06. The molecule has 2 aromatic rings. The SMILES string of the molecule is O=C(c1cc2c(s1)CCCCC2)N(CCO)Cc1ccccc1. The molecule has 4 heteroatoms. The van der Waals surface area contributed by atoms with Crippen LogP contribution in [0.1, 0.15) is 44.9 Å². The van der Waals surface area contributed by atoms with Crippen molar-refractivity contribution in [2.45, 2.75) is 38.6 Å². The van der Waals surface area contributed by atoms with Crippen molar-refractivity contribution in [1.82, 2.24) is 4.90 Å². The Morgan fingerprint density at radius 2 is 1.91 bits per heavy atom. The third kappa shape index (κ3) is 4.01. The number of thiophene rings is 1. The van der Waals surface area contributed by atoms with Gasteiger partial charge in [-0.05, 0) is 42.9 Å². The quantitative estimate of drug-likeness (QED) is 0.851. The van der Waals surface area contributed by atoms with Crippen molar-refractivity contribution >= 4 is 17.2 Å². The Bertz CT molecular complexity index is 627. The number of carbonyl (C=O) groups is 1. The lowest BCUT2D eigenvalue weighted by molar-refractivity contribution is 0.0712. The van der Waals surface area contributed by atoms with Crippen LogP contribution in [0.5, 0.6) is 0 Å². The normalized spacial score (nSPS) is 14.1. The van der Waals surface area contributed by atoms with Crippen LogP contribution in [0.15, 0.2) is 36.4 Å². The molecule has 1 heterocycles. The number of benzene rings is 1. The molecule has 0 radical (unpaired) electrons. The van der Waals surface area contributed by atoms with Gasteiger partial charge >= 0.3 is 0 Å². The Hall–Kier alpha value is -1.65. The molecule has 0 saturated heterocycles. The molecule has 0 unspecified atom stereocenters. The second kappa shape index (κ2) is 7.75. The number of rotatable bonds is 5. The maximum atomic E-state index is 12.9. The zero-order valence-electron chi connectivity index (χ0n) is 13.3. The van der Waals surface area contributed by atoms with Crippen LogP contribution in [0.4, 0.5) is 0 Å². The molecule has 0 fully saturated rings. The molecule has 1 aromatic heterocycles. The Labute approximate surface area is 141 Å². The van der Waals surface area contributed by atoms with Gasteiger partial charge < -0.3 is 10.0 Å². The van der Waals surface area contributed by atoms with E-state index in [1.807, 2.05) is 30.3 Å². The molecule has 0 aliphatic heterocycles. The third-order valence-electron chi connectivity index (χ3n) is 4.33. The topological polar surface area (TPSA) is 40.5 Å². The molecule has 1 amide bonds. The van der Waals surface area contributed by atoms with Crippen LogP contribution < -0.4 is 0 Å². The highest BCUT2D eigenvalue weighted by Crippen LogP contribution is 2.30. The summed E-state index contributed by atoms with van der Waals surface area (Å²) in [6, 6.07) is 12.0. The average molecular weight is 329 g/mol. The number of hydrogen-bond acceptors (Lipinski definition) is 3. The second-order valence-corrected chi connectivity index (χ2v) is 7.19. The molecule has 1 aromatic carbocycles. The number of fused-ring (bicyclic) bond motifs is 1. The van der Waals surface area contributed by atoms with Crippen LogP contribution in [0.3, 0.4) is 0 Å². The highest BCUT2D eigenvalue weighted by atomic mass is 32.1. The molecule has 1 aliphatic carbocycles. The van der Waals surface area contributed by atoms with E-state index < -0.39 is 0 Å². The smallest absolute Gasteiger partial charge is 0.264 e. The predicted molar refractivity (Wildman–Crippen MR) is 93.8 cm³/mol. The molecule has 1 aliphatic rings. The van der Waals surface area contributed by atoms with E-state index in [0.717, 1.165) is 23.3 Å². The number of aryl methyl sites for hydroxylation is 2. The van der Waals surface area contributed by atoms with Crippen molar-refractivity contribution in [3.63, 3.8) is 0 Å². The Morgan fingerprint density at radius 1 is 1.13 bits per heavy atom. The van der Waals surface area contributed by atoms with Gasteiger partial charge in [0.25, 0.3) is 5.91 Å². The van der Waals surface area contributed by atoms with Gasteiger partial charge in [0.05, 0.1) is 11.5 Å². The Balaban J connectivity index is 1.78. The van der Waals surface area contributed by atoms with Gasteiger partial charge in [0.1, 0.15) is 0 Å². The van der Waals surface area contributed by atoms with Gasteiger partial charge in [-0.2, -0.15) is 0 Å². The fourth-order valence-electron chi connectivity index (χ4n) is 3.11. The summed E-state index contributed by atoms with van der Waals surface area (Å²) >= 11 is 1.65. The van der Waals surface area contributed by atoms with Crippen LogP contribution in [-0.2, 0) is 19.4 Å². The first kappa shape index (κ1) is 16.2. The number of nitrogens with zero attached hydrogens (tertiary/aromatic N) is 1. The zero-order valence-corrected chi connectivity index (χ0v) is 14.1. The van der Waals surface area contributed by atoms with E-state index in [0.29, 0.717) is 13.1 Å². The standard InChI is InChI=1S/C19H23NO2S/c21-12-11-20(14-15-7-3-1-4-8-15)19(22)18-13-16-9-5-2-6-10-17(16)23-18/h1,3-4,7-8,13,21H,2,5-6,9-12,14H2. The van der Waals surface area contributed by atoms with Crippen LogP contribution in [0.25, 0.3) is 0 Å². The van der Waals surface area contributed by atoms with E-state index in [2.05, 4.69) is 6.07 Å². The van der Waals surface area contributed by atoms with Crippen LogP contribution in [0, 0.1) is 0 Å². The lowest BCUT2D eigenvalue weighted by Gasteiger charge is -2.21. The number of carbonyl (C=O) groups excluding carboxylic acids is 1. The maximum Gasteiger partial charge on any atom is 0.264 e. The maximum absolute atomic E-state index is 12.9. The monoisotopic (exact) mass is 329 g/mol. The van der Waals surface area contributed by atoms with E-state index in [9.17, 15) is 9.90 Å². The minimum Gasteiger partial charge on any atom is -0.395 e. The van der Waals surface area contributed by atoms with Gasteiger partial charge in [-0.15, -0.1) is 11.3 Å².